The van der Waals surface area contributed by atoms with Crippen molar-refractivity contribution in [2.45, 2.75) is 31.7 Å². The van der Waals surface area contributed by atoms with Gasteiger partial charge in [0.05, 0.1) is 6.54 Å². The Labute approximate surface area is 92.2 Å². The van der Waals surface area contributed by atoms with Crippen molar-refractivity contribution >= 4 is 5.91 Å². The van der Waals surface area contributed by atoms with Crippen LogP contribution in [0.25, 0.3) is 0 Å². The molecular weight excluding hydrogens is 190 g/mol. The van der Waals surface area contributed by atoms with Gasteiger partial charge in [0.1, 0.15) is 0 Å². The number of hydrogen-bond acceptors (Lipinski definition) is 3. The van der Waals surface area contributed by atoms with E-state index in [9.17, 15) is 4.79 Å². The van der Waals surface area contributed by atoms with Gasteiger partial charge in [0, 0.05) is 12.6 Å². The summed E-state index contributed by atoms with van der Waals surface area (Å²) in [5.74, 6) is 0.684. The van der Waals surface area contributed by atoms with Crippen LogP contribution >= 0.6 is 0 Å². The lowest BCUT2D eigenvalue weighted by Gasteiger charge is -2.23. The summed E-state index contributed by atoms with van der Waals surface area (Å²) in [4.78, 5) is 13.4. The van der Waals surface area contributed by atoms with Crippen LogP contribution in [0, 0.1) is 5.92 Å². The standard InChI is InChI=1S/C11H23N3O/c1-14(2)8-11(15)13-10(7-12)9-5-3-4-6-9/h9-10H,3-8,12H2,1-2H3,(H,13,15). The monoisotopic (exact) mass is 213 g/mol. The molecule has 1 rings (SSSR count). The minimum Gasteiger partial charge on any atom is -0.351 e. The highest BCUT2D eigenvalue weighted by Crippen LogP contribution is 2.27. The van der Waals surface area contributed by atoms with E-state index in [1.165, 1.54) is 25.7 Å². The quantitative estimate of drug-likeness (QED) is 0.685. The molecule has 0 aliphatic heterocycles. The first-order valence-corrected chi connectivity index (χ1v) is 5.77. The van der Waals surface area contributed by atoms with Crippen molar-refractivity contribution in [1.29, 1.82) is 0 Å². The molecule has 4 nitrogen and oxygen atoms in total. The zero-order valence-electron chi connectivity index (χ0n) is 9.83. The van der Waals surface area contributed by atoms with E-state index >= 15 is 0 Å². The average Bonchev–Trinajstić information content (AvgIpc) is 2.65. The van der Waals surface area contributed by atoms with Gasteiger partial charge >= 0.3 is 0 Å². The number of carbonyl (C=O) groups is 1. The Morgan fingerprint density at radius 3 is 2.53 bits per heavy atom. The minimum atomic E-state index is 0.0855. The summed E-state index contributed by atoms with van der Waals surface area (Å²) in [7, 11) is 3.79. The summed E-state index contributed by atoms with van der Waals surface area (Å²) in [6.07, 6.45) is 4.99. The van der Waals surface area contributed by atoms with E-state index in [2.05, 4.69) is 5.32 Å². The first kappa shape index (κ1) is 12.5. The molecule has 88 valence electrons. The molecule has 0 radical (unpaired) electrons. The number of nitrogens with zero attached hydrogens (tertiary/aromatic N) is 1. The smallest absolute Gasteiger partial charge is 0.234 e. The minimum absolute atomic E-state index is 0.0855. The van der Waals surface area contributed by atoms with Gasteiger partial charge in [-0.05, 0) is 32.9 Å². The van der Waals surface area contributed by atoms with Crippen LogP contribution < -0.4 is 11.1 Å². The third kappa shape index (κ3) is 4.18. The summed E-state index contributed by atoms with van der Waals surface area (Å²) in [5, 5.41) is 3.03. The molecule has 4 heteroatoms. The van der Waals surface area contributed by atoms with Crippen molar-refractivity contribution in [2.24, 2.45) is 11.7 Å². The normalized spacial score (nSPS) is 19.5. The van der Waals surface area contributed by atoms with Gasteiger partial charge in [-0.3, -0.25) is 4.79 Å². The van der Waals surface area contributed by atoms with Gasteiger partial charge in [-0.2, -0.15) is 0 Å². The molecule has 1 unspecified atom stereocenters. The van der Waals surface area contributed by atoms with Crippen LogP contribution in [0.3, 0.4) is 0 Å². The van der Waals surface area contributed by atoms with Gasteiger partial charge in [0.2, 0.25) is 5.91 Å². The van der Waals surface area contributed by atoms with Gasteiger partial charge in [-0.1, -0.05) is 12.8 Å². The maximum Gasteiger partial charge on any atom is 0.234 e. The molecule has 1 atom stereocenters. The molecule has 3 N–H and O–H groups in total. The van der Waals surface area contributed by atoms with Crippen molar-refractivity contribution in [2.75, 3.05) is 27.2 Å². The fourth-order valence-corrected chi connectivity index (χ4v) is 2.27. The molecule has 0 spiro atoms. The summed E-state index contributed by atoms with van der Waals surface area (Å²) in [6.45, 7) is 1.01. The van der Waals surface area contributed by atoms with Crippen molar-refractivity contribution in [1.82, 2.24) is 10.2 Å². The van der Waals surface area contributed by atoms with Gasteiger partial charge in [0.15, 0.2) is 0 Å². The fourth-order valence-electron chi connectivity index (χ4n) is 2.27. The fraction of sp³-hybridized carbons (Fsp3) is 0.909. The van der Waals surface area contributed by atoms with Gasteiger partial charge in [-0.15, -0.1) is 0 Å². The predicted molar refractivity (Wildman–Crippen MR) is 61.5 cm³/mol. The van der Waals surface area contributed by atoms with E-state index in [-0.39, 0.29) is 11.9 Å². The van der Waals surface area contributed by atoms with E-state index in [0.29, 0.717) is 19.0 Å². The molecule has 1 saturated carbocycles. The highest BCUT2D eigenvalue weighted by Gasteiger charge is 2.25. The Bertz CT molecular complexity index is 200. The second-order valence-electron chi connectivity index (χ2n) is 4.69. The Morgan fingerprint density at radius 1 is 1.47 bits per heavy atom. The number of nitrogens with one attached hydrogen (secondary N) is 1. The molecule has 0 saturated heterocycles. The zero-order chi connectivity index (χ0) is 11.3. The lowest BCUT2D eigenvalue weighted by atomic mass is 9.98. The third-order valence-corrected chi connectivity index (χ3v) is 3.03. The number of nitrogens with two attached hydrogens (primary N) is 1. The van der Waals surface area contributed by atoms with E-state index in [1.807, 2.05) is 19.0 Å². The lowest BCUT2D eigenvalue weighted by molar-refractivity contribution is -0.122. The zero-order valence-corrected chi connectivity index (χ0v) is 9.83. The SMILES string of the molecule is CN(C)CC(=O)NC(CN)C1CCCC1. The lowest BCUT2D eigenvalue weighted by Crippen LogP contribution is -2.47. The summed E-state index contributed by atoms with van der Waals surface area (Å²) in [5.41, 5.74) is 5.70. The van der Waals surface area contributed by atoms with Crippen LogP contribution in [0.2, 0.25) is 0 Å². The maximum absolute atomic E-state index is 11.6. The van der Waals surface area contributed by atoms with Gasteiger partial charge < -0.3 is 16.0 Å². The summed E-state index contributed by atoms with van der Waals surface area (Å²) >= 11 is 0. The topological polar surface area (TPSA) is 58.4 Å². The van der Waals surface area contributed by atoms with Crippen molar-refractivity contribution in [3.63, 3.8) is 0 Å². The number of likely N-dealkylation sites (N-methyl/N-ethyl adjacent to an activating group) is 1. The van der Waals surface area contributed by atoms with Crippen LogP contribution in [0.5, 0.6) is 0 Å². The molecule has 0 aromatic carbocycles. The van der Waals surface area contributed by atoms with Crippen LogP contribution in [0.4, 0.5) is 0 Å². The highest BCUT2D eigenvalue weighted by atomic mass is 16.2. The van der Waals surface area contributed by atoms with Crippen LogP contribution in [0.15, 0.2) is 0 Å². The summed E-state index contributed by atoms with van der Waals surface area (Å²) in [6, 6.07) is 0.181. The molecule has 0 heterocycles. The average molecular weight is 213 g/mol. The second-order valence-corrected chi connectivity index (χ2v) is 4.69. The van der Waals surface area contributed by atoms with Crippen molar-refractivity contribution in [3.05, 3.63) is 0 Å². The number of rotatable bonds is 5. The molecule has 1 aliphatic rings. The first-order chi connectivity index (χ1) is 7.13. The number of carbonyl (C=O) groups excluding carboxylic acids is 1. The Morgan fingerprint density at radius 2 is 2.07 bits per heavy atom. The molecular formula is C11H23N3O. The van der Waals surface area contributed by atoms with E-state index in [1.54, 1.807) is 0 Å². The van der Waals surface area contributed by atoms with Gasteiger partial charge in [-0.25, -0.2) is 0 Å². The molecule has 1 fully saturated rings. The maximum atomic E-state index is 11.6. The van der Waals surface area contributed by atoms with E-state index in [4.69, 9.17) is 5.73 Å². The van der Waals surface area contributed by atoms with Crippen LogP contribution in [-0.4, -0.2) is 44.0 Å². The molecule has 1 amide bonds. The molecule has 1 aliphatic carbocycles. The molecule has 0 aromatic heterocycles. The van der Waals surface area contributed by atoms with Crippen LogP contribution in [-0.2, 0) is 4.79 Å². The molecule has 0 aromatic rings. The Balaban J connectivity index is 2.35. The first-order valence-electron chi connectivity index (χ1n) is 5.77. The highest BCUT2D eigenvalue weighted by molar-refractivity contribution is 5.78. The largest absolute Gasteiger partial charge is 0.351 e. The second kappa shape index (κ2) is 6.08. The number of amides is 1. The Hall–Kier alpha value is -0.610. The Kier molecular flexibility index (Phi) is 5.05. The molecule has 15 heavy (non-hydrogen) atoms. The summed E-state index contributed by atoms with van der Waals surface area (Å²) < 4.78 is 0. The predicted octanol–water partition coefficient (Wildman–Crippen LogP) is 0.182. The van der Waals surface area contributed by atoms with Crippen molar-refractivity contribution < 1.29 is 4.79 Å². The van der Waals surface area contributed by atoms with Crippen molar-refractivity contribution in [3.8, 4) is 0 Å². The van der Waals surface area contributed by atoms with E-state index in [0.717, 1.165) is 0 Å². The van der Waals surface area contributed by atoms with Crippen LogP contribution in [0.1, 0.15) is 25.7 Å². The number of hydrogen-bond donors (Lipinski definition) is 2. The van der Waals surface area contributed by atoms with Gasteiger partial charge in [0.25, 0.3) is 0 Å². The van der Waals surface area contributed by atoms with E-state index < -0.39 is 0 Å². The molecule has 0 bridgehead atoms. The third-order valence-electron chi connectivity index (χ3n) is 3.03.